The molecule has 2 fully saturated rings. The Morgan fingerprint density at radius 1 is 1.25 bits per heavy atom. The number of likely N-dealkylation sites (tertiary alicyclic amines) is 2. The van der Waals surface area contributed by atoms with Crippen LogP contribution in [0.4, 0.5) is 0 Å². The number of hydrogen-bond acceptors (Lipinski definition) is 2. The number of piperidine rings is 2. The van der Waals surface area contributed by atoms with Crippen molar-refractivity contribution in [3.63, 3.8) is 0 Å². The summed E-state index contributed by atoms with van der Waals surface area (Å²) in [6.07, 6.45) is 9.27. The van der Waals surface area contributed by atoms with E-state index in [1.165, 1.54) is 58.0 Å². The van der Waals surface area contributed by atoms with Gasteiger partial charge in [0, 0.05) is 26.7 Å². The van der Waals surface area contributed by atoms with E-state index in [1.54, 1.807) is 0 Å². The van der Waals surface area contributed by atoms with Gasteiger partial charge in [0.25, 0.3) is 0 Å². The van der Waals surface area contributed by atoms with Gasteiger partial charge in [0.1, 0.15) is 0 Å². The van der Waals surface area contributed by atoms with Gasteiger partial charge in [-0.1, -0.05) is 20.3 Å². The third kappa shape index (κ3) is 6.70. The molecule has 0 radical (unpaired) electrons. The van der Waals surface area contributed by atoms with E-state index in [9.17, 15) is 0 Å². The minimum Gasteiger partial charge on any atom is -0.356 e. The molecule has 0 amide bonds. The molecule has 1 atom stereocenters. The smallest absolute Gasteiger partial charge is 0.193 e. The molecule has 2 heterocycles. The van der Waals surface area contributed by atoms with Crippen LogP contribution in [0, 0.1) is 11.3 Å². The molecule has 5 heteroatoms. The van der Waals surface area contributed by atoms with Gasteiger partial charge in [0.2, 0.25) is 0 Å². The lowest BCUT2D eigenvalue weighted by Crippen LogP contribution is -2.50. The molecule has 0 aliphatic carbocycles. The Hall–Kier alpha value is -0.0400. The first kappa shape index (κ1) is 22.0. The Labute approximate surface area is 166 Å². The first-order valence-electron chi connectivity index (χ1n) is 9.70. The van der Waals surface area contributed by atoms with Crippen LogP contribution in [0.3, 0.4) is 0 Å². The summed E-state index contributed by atoms with van der Waals surface area (Å²) in [5.74, 6) is 2.02. The summed E-state index contributed by atoms with van der Waals surface area (Å²) in [7, 11) is 4.17. The van der Waals surface area contributed by atoms with E-state index in [-0.39, 0.29) is 24.0 Å². The summed E-state index contributed by atoms with van der Waals surface area (Å²) < 4.78 is 0. The predicted molar refractivity (Wildman–Crippen MR) is 115 cm³/mol. The number of halogens is 1. The summed E-state index contributed by atoms with van der Waals surface area (Å²) in [5.41, 5.74) is 0.471. The molecule has 0 saturated carbocycles. The second-order valence-corrected chi connectivity index (χ2v) is 8.10. The topological polar surface area (TPSA) is 30.9 Å². The van der Waals surface area contributed by atoms with E-state index in [1.807, 2.05) is 7.05 Å². The first-order valence-corrected chi connectivity index (χ1v) is 9.70. The van der Waals surface area contributed by atoms with Crippen LogP contribution >= 0.6 is 24.0 Å². The molecule has 2 aliphatic rings. The zero-order valence-corrected chi connectivity index (χ0v) is 18.6. The average molecular weight is 450 g/mol. The molecule has 2 rings (SSSR count). The second-order valence-electron chi connectivity index (χ2n) is 8.10. The minimum absolute atomic E-state index is 0. The highest BCUT2D eigenvalue weighted by atomic mass is 127. The largest absolute Gasteiger partial charge is 0.356 e. The Balaban J connectivity index is 0.00000288. The summed E-state index contributed by atoms with van der Waals surface area (Å²) >= 11 is 0. The molecule has 0 aromatic rings. The molecule has 24 heavy (non-hydrogen) atoms. The Morgan fingerprint density at radius 2 is 1.96 bits per heavy atom. The van der Waals surface area contributed by atoms with Crippen molar-refractivity contribution < 1.29 is 0 Å². The highest BCUT2D eigenvalue weighted by Gasteiger charge is 2.31. The third-order valence-electron chi connectivity index (χ3n) is 5.82. The predicted octanol–water partition coefficient (Wildman–Crippen LogP) is 3.81. The fourth-order valence-corrected chi connectivity index (χ4v) is 4.38. The number of guanidine groups is 1. The van der Waals surface area contributed by atoms with Crippen molar-refractivity contribution in [2.24, 2.45) is 16.3 Å². The summed E-state index contributed by atoms with van der Waals surface area (Å²) in [5, 5.41) is 3.64. The summed E-state index contributed by atoms with van der Waals surface area (Å²) in [6, 6.07) is 0. The van der Waals surface area contributed by atoms with Gasteiger partial charge >= 0.3 is 0 Å². The van der Waals surface area contributed by atoms with Gasteiger partial charge in [-0.3, -0.25) is 4.99 Å². The lowest BCUT2D eigenvalue weighted by atomic mass is 9.78. The molecule has 1 N–H and O–H groups in total. The molecule has 142 valence electrons. The van der Waals surface area contributed by atoms with Crippen molar-refractivity contribution in [3.8, 4) is 0 Å². The normalized spacial score (nSPS) is 27.0. The van der Waals surface area contributed by atoms with E-state index >= 15 is 0 Å². The van der Waals surface area contributed by atoms with E-state index in [4.69, 9.17) is 0 Å². The number of hydrogen-bond donors (Lipinski definition) is 1. The maximum absolute atomic E-state index is 4.56. The first-order chi connectivity index (χ1) is 11.1. The van der Waals surface area contributed by atoms with Gasteiger partial charge in [-0.25, -0.2) is 0 Å². The van der Waals surface area contributed by atoms with Crippen LogP contribution in [0.25, 0.3) is 0 Å². The maximum Gasteiger partial charge on any atom is 0.193 e. The van der Waals surface area contributed by atoms with E-state index < -0.39 is 0 Å². The molecule has 2 saturated heterocycles. The summed E-state index contributed by atoms with van der Waals surface area (Å²) in [4.78, 5) is 9.50. The standard InChI is InChI=1S/C19H38N4.HI/c1-5-10-19(2)11-6-13-23(16-19)18(20-3)21-12-7-17-8-14-22(4)15-9-17;/h17H,5-16H2,1-4H3,(H,20,21);1H. The van der Waals surface area contributed by atoms with Crippen molar-refractivity contribution in [1.29, 1.82) is 0 Å². The van der Waals surface area contributed by atoms with Crippen LogP contribution in [-0.2, 0) is 0 Å². The van der Waals surface area contributed by atoms with Crippen LogP contribution in [0.2, 0.25) is 0 Å². The fraction of sp³-hybridized carbons (Fsp3) is 0.947. The van der Waals surface area contributed by atoms with E-state index in [2.05, 4.69) is 41.0 Å². The van der Waals surface area contributed by atoms with Crippen molar-refractivity contribution in [2.45, 2.75) is 58.8 Å². The number of rotatable bonds is 5. The van der Waals surface area contributed by atoms with Crippen LogP contribution in [0.1, 0.15) is 58.8 Å². The van der Waals surface area contributed by atoms with Crippen LogP contribution in [-0.4, -0.2) is 62.6 Å². The van der Waals surface area contributed by atoms with Gasteiger partial charge in [-0.2, -0.15) is 0 Å². The quantitative estimate of drug-likeness (QED) is 0.393. The Kier molecular flexibility index (Phi) is 9.94. The van der Waals surface area contributed by atoms with Crippen LogP contribution < -0.4 is 5.32 Å². The van der Waals surface area contributed by atoms with Crippen molar-refractivity contribution >= 4 is 29.9 Å². The van der Waals surface area contributed by atoms with E-state index in [0.717, 1.165) is 31.5 Å². The van der Waals surface area contributed by atoms with Gasteiger partial charge in [0.15, 0.2) is 5.96 Å². The molecular formula is C19H39IN4. The molecular weight excluding hydrogens is 411 g/mol. The SMILES string of the molecule is CCCC1(C)CCCN(C(=NC)NCCC2CCN(C)CC2)C1.I. The van der Waals surface area contributed by atoms with Crippen LogP contribution in [0.15, 0.2) is 4.99 Å². The van der Waals surface area contributed by atoms with E-state index in [0.29, 0.717) is 5.41 Å². The number of nitrogens with zero attached hydrogens (tertiary/aromatic N) is 3. The third-order valence-corrected chi connectivity index (χ3v) is 5.82. The number of nitrogens with one attached hydrogen (secondary N) is 1. The molecule has 0 aromatic carbocycles. The summed E-state index contributed by atoms with van der Waals surface area (Å²) in [6.45, 7) is 10.7. The van der Waals surface area contributed by atoms with Gasteiger partial charge in [0.05, 0.1) is 0 Å². The molecule has 0 spiro atoms. The van der Waals surface area contributed by atoms with Gasteiger partial charge < -0.3 is 15.1 Å². The maximum atomic E-state index is 4.56. The lowest BCUT2D eigenvalue weighted by Gasteiger charge is -2.42. The molecule has 0 aromatic heterocycles. The highest BCUT2D eigenvalue weighted by molar-refractivity contribution is 14.0. The molecule has 0 bridgehead atoms. The Morgan fingerprint density at radius 3 is 2.58 bits per heavy atom. The molecule has 4 nitrogen and oxygen atoms in total. The van der Waals surface area contributed by atoms with Crippen LogP contribution in [0.5, 0.6) is 0 Å². The fourth-order valence-electron chi connectivity index (χ4n) is 4.38. The lowest BCUT2D eigenvalue weighted by molar-refractivity contribution is 0.142. The average Bonchev–Trinajstić information content (AvgIpc) is 2.53. The minimum atomic E-state index is 0. The van der Waals surface area contributed by atoms with Crippen molar-refractivity contribution in [2.75, 3.05) is 46.8 Å². The second kappa shape index (κ2) is 10.8. The van der Waals surface area contributed by atoms with Gasteiger partial charge in [-0.15, -0.1) is 24.0 Å². The zero-order chi connectivity index (χ0) is 16.7. The molecule has 2 aliphatic heterocycles. The van der Waals surface area contributed by atoms with Gasteiger partial charge in [-0.05, 0) is 70.0 Å². The van der Waals surface area contributed by atoms with Crippen molar-refractivity contribution in [1.82, 2.24) is 15.1 Å². The molecule has 1 unspecified atom stereocenters. The Bertz CT molecular complexity index is 376. The highest BCUT2D eigenvalue weighted by Crippen LogP contribution is 2.33. The van der Waals surface area contributed by atoms with Crippen molar-refractivity contribution in [3.05, 3.63) is 0 Å². The number of aliphatic imine (C=N–C) groups is 1. The monoisotopic (exact) mass is 450 g/mol. The zero-order valence-electron chi connectivity index (χ0n) is 16.3.